The molecule has 0 unspecified atom stereocenters. The molecule has 0 aliphatic carbocycles. The average molecular weight is 454 g/mol. The van der Waals surface area contributed by atoms with E-state index in [0.717, 1.165) is 16.9 Å². The van der Waals surface area contributed by atoms with Gasteiger partial charge in [-0.25, -0.2) is 0 Å². The summed E-state index contributed by atoms with van der Waals surface area (Å²) in [6, 6.07) is 25.7. The van der Waals surface area contributed by atoms with Gasteiger partial charge in [0.15, 0.2) is 0 Å². The Hall–Kier alpha value is -3.44. The van der Waals surface area contributed by atoms with Gasteiger partial charge in [0.25, 0.3) is 0 Å². The van der Waals surface area contributed by atoms with Gasteiger partial charge in [0.1, 0.15) is 12.4 Å². The Morgan fingerprint density at radius 2 is 1.84 bits per heavy atom. The molecular formula is C28H23NOS2. The molecule has 0 aliphatic rings. The van der Waals surface area contributed by atoms with Gasteiger partial charge in [-0.15, -0.1) is 11.3 Å². The molecule has 32 heavy (non-hydrogen) atoms. The lowest BCUT2D eigenvalue weighted by Crippen LogP contribution is -2.17. The Morgan fingerprint density at radius 1 is 0.938 bits per heavy atom. The van der Waals surface area contributed by atoms with E-state index in [-0.39, 0.29) is 0 Å². The Morgan fingerprint density at radius 3 is 2.66 bits per heavy atom. The summed E-state index contributed by atoms with van der Waals surface area (Å²) in [5.74, 6) is 10.3. The van der Waals surface area contributed by atoms with Crippen molar-refractivity contribution in [3.05, 3.63) is 98.9 Å². The predicted octanol–water partition coefficient (Wildman–Crippen LogP) is 6.89. The van der Waals surface area contributed by atoms with Gasteiger partial charge in [0.2, 0.25) is 0 Å². The zero-order valence-corrected chi connectivity index (χ0v) is 19.5. The molecule has 0 atom stereocenters. The highest BCUT2D eigenvalue weighted by molar-refractivity contribution is 7.10. The molecule has 0 bridgehead atoms. The molecule has 2 nitrogen and oxygen atoms in total. The van der Waals surface area contributed by atoms with Gasteiger partial charge < -0.3 is 9.64 Å². The first-order valence-corrected chi connectivity index (χ1v) is 12.2. The Labute approximate surface area is 198 Å². The van der Waals surface area contributed by atoms with Gasteiger partial charge in [-0.3, -0.25) is 0 Å². The zero-order valence-electron chi connectivity index (χ0n) is 17.9. The van der Waals surface area contributed by atoms with Crippen molar-refractivity contribution in [2.75, 3.05) is 6.54 Å². The van der Waals surface area contributed by atoms with Crippen molar-refractivity contribution in [1.82, 2.24) is 4.90 Å². The van der Waals surface area contributed by atoms with Crippen LogP contribution in [0.3, 0.4) is 0 Å². The van der Waals surface area contributed by atoms with Crippen LogP contribution in [0.25, 0.3) is 11.1 Å². The van der Waals surface area contributed by atoms with Crippen LogP contribution in [0.4, 0.5) is 0 Å². The third kappa shape index (κ3) is 6.28. The van der Waals surface area contributed by atoms with E-state index in [0.29, 0.717) is 19.7 Å². The lowest BCUT2D eigenvalue weighted by atomic mass is 10.2. The number of hydrogen-bond donors (Lipinski definition) is 0. The van der Waals surface area contributed by atoms with Gasteiger partial charge in [0.05, 0.1) is 13.1 Å². The standard InChI is InChI=1S/C28H23NOS2/c1-2-14-29(15-7-11-23-8-4-3-5-9-23)19-24-10-6-12-27(17-24)30-20-28-18-26(22-32-28)25-13-16-31-21-25/h3-6,8-10,12-13,16-18,21-22H,15,19-20H2,1H3. The summed E-state index contributed by atoms with van der Waals surface area (Å²) in [5, 5.41) is 6.47. The van der Waals surface area contributed by atoms with Crippen LogP contribution in [0, 0.1) is 23.8 Å². The number of benzene rings is 2. The first-order valence-electron chi connectivity index (χ1n) is 10.3. The zero-order chi connectivity index (χ0) is 22.0. The Balaban J connectivity index is 1.36. The molecule has 4 rings (SSSR count). The highest BCUT2D eigenvalue weighted by atomic mass is 32.1. The monoisotopic (exact) mass is 453 g/mol. The highest BCUT2D eigenvalue weighted by Crippen LogP contribution is 2.28. The number of thiophene rings is 2. The molecular weight excluding hydrogens is 430 g/mol. The molecule has 0 aliphatic heterocycles. The van der Waals surface area contributed by atoms with Crippen LogP contribution < -0.4 is 4.74 Å². The SMILES string of the molecule is CC#CN(CC#Cc1ccccc1)Cc1cccc(OCc2cc(-c3ccsc3)cs2)c1. The second-order valence-electron chi connectivity index (χ2n) is 7.14. The topological polar surface area (TPSA) is 12.5 Å². The van der Waals surface area contributed by atoms with E-state index in [2.05, 4.69) is 64.2 Å². The van der Waals surface area contributed by atoms with Crippen LogP contribution in [-0.4, -0.2) is 11.4 Å². The average Bonchev–Trinajstić information content (AvgIpc) is 3.51. The minimum atomic E-state index is 0.569. The van der Waals surface area contributed by atoms with Crippen molar-refractivity contribution in [3.63, 3.8) is 0 Å². The van der Waals surface area contributed by atoms with Crippen molar-refractivity contribution in [3.8, 4) is 40.7 Å². The van der Waals surface area contributed by atoms with E-state index < -0.39 is 0 Å². The van der Waals surface area contributed by atoms with Crippen LogP contribution in [0.1, 0.15) is 22.9 Å². The smallest absolute Gasteiger partial charge is 0.122 e. The molecule has 0 saturated heterocycles. The third-order valence-corrected chi connectivity index (χ3v) is 6.30. The van der Waals surface area contributed by atoms with Crippen LogP contribution in [0.15, 0.2) is 82.9 Å². The summed E-state index contributed by atoms with van der Waals surface area (Å²) in [4.78, 5) is 3.24. The maximum absolute atomic E-state index is 6.07. The van der Waals surface area contributed by atoms with Crippen LogP contribution in [-0.2, 0) is 13.2 Å². The molecule has 0 fully saturated rings. The lowest BCUT2D eigenvalue weighted by molar-refractivity contribution is 0.309. The van der Waals surface area contributed by atoms with Crippen molar-refractivity contribution in [1.29, 1.82) is 0 Å². The van der Waals surface area contributed by atoms with Gasteiger partial charge >= 0.3 is 0 Å². The van der Waals surface area contributed by atoms with Crippen molar-refractivity contribution >= 4 is 22.7 Å². The van der Waals surface area contributed by atoms with Crippen LogP contribution in [0.2, 0.25) is 0 Å². The molecule has 0 radical (unpaired) electrons. The molecule has 2 aromatic heterocycles. The quantitative estimate of drug-likeness (QED) is 0.223. The van der Waals surface area contributed by atoms with Gasteiger partial charge in [-0.1, -0.05) is 48.1 Å². The largest absolute Gasteiger partial charge is 0.488 e. The maximum atomic E-state index is 6.07. The highest BCUT2D eigenvalue weighted by Gasteiger charge is 2.06. The summed E-state index contributed by atoms with van der Waals surface area (Å²) in [6.07, 6.45) is 0. The maximum Gasteiger partial charge on any atom is 0.122 e. The molecule has 4 aromatic rings. The first-order chi connectivity index (χ1) is 15.8. The van der Waals surface area contributed by atoms with Gasteiger partial charge in [-0.2, -0.15) is 11.3 Å². The minimum Gasteiger partial charge on any atom is -0.488 e. The molecule has 2 heterocycles. The fourth-order valence-corrected chi connectivity index (χ4v) is 4.67. The Kier molecular flexibility index (Phi) is 7.66. The van der Waals surface area contributed by atoms with Gasteiger partial charge in [0, 0.05) is 16.5 Å². The predicted molar refractivity (Wildman–Crippen MR) is 136 cm³/mol. The second-order valence-corrected chi connectivity index (χ2v) is 8.91. The fourth-order valence-electron chi connectivity index (χ4n) is 3.20. The van der Waals surface area contributed by atoms with E-state index in [1.54, 1.807) is 22.7 Å². The van der Waals surface area contributed by atoms with Crippen LogP contribution >= 0.6 is 22.7 Å². The van der Waals surface area contributed by atoms with Gasteiger partial charge in [-0.05, 0) is 76.2 Å². The van der Waals surface area contributed by atoms with Crippen molar-refractivity contribution in [2.45, 2.75) is 20.1 Å². The second kappa shape index (κ2) is 11.3. The summed E-state index contributed by atoms with van der Waals surface area (Å²) in [5.41, 5.74) is 4.70. The van der Waals surface area contributed by atoms with Crippen molar-refractivity contribution in [2.24, 2.45) is 0 Å². The van der Waals surface area contributed by atoms with E-state index in [9.17, 15) is 0 Å². The minimum absolute atomic E-state index is 0.569. The summed E-state index contributed by atoms with van der Waals surface area (Å²) in [7, 11) is 0. The molecule has 0 amide bonds. The fraction of sp³-hybridized carbons (Fsp3) is 0.143. The lowest BCUT2D eigenvalue weighted by Gasteiger charge is -2.15. The van der Waals surface area contributed by atoms with E-state index >= 15 is 0 Å². The number of nitrogens with zero attached hydrogens (tertiary/aromatic N) is 1. The summed E-state index contributed by atoms with van der Waals surface area (Å²) >= 11 is 3.45. The summed E-state index contributed by atoms with van der Waals surface area (Å²) in [6.45, 7) is 3.70. The molecule has 2 aromatic carbocycles. The number of rotatable bonds is 7. The molecule has 4 heteroatoms. The Bertz CT molecular complexity index is 1250. The number of hydrogen-bond acceptors (Lipinski definition) is 4. The van der Waals surface area contributed by atoms with E-state index in [1.165, 1.54) is 16.0 Å². The molecule has 0 spiro atoms. The first kappa shape index (κ1) is 21.8. The molecule has 158 valence electrons. The summed E-state index contributed by atoms with van der Waals surface area (Å²) < 4.78 is 6.07. The van der Waals surface area contributed by atoms with Crippen LogP contribution in [0.5, 0.6) is 5.75 Å². The van der Waals surface area contributed by atoms with Crippen molar-refractivity contribution < 1.29 is 4.74 Å². The van der Waals surface area contributed by atoms with E-state index in [1.807, 2.05) is 54.3 Å². The number of ether oxygens (including phenoxy) is 1. The molecule has 0 saturated carbocycles. The third-order valence-electron chi connectivity index (χ3n) is 4.71. The molecule has 0 N–H and O–H groups in total. The normalized spacial score (nSPS) is 9.91. The van der Waals surface area contributed by atoms with E-state index in [4.69, 9.17) is 4.74 Å².